The van der Waals surface area contributed by atoms with Gasteiger partial charge in [0.1, 0.15) is 5.56 Å². The van der Waals surface area contributed by atoms with Crippen molar-refractivity contribution in [2.45, 2.75) is 37.5 Å². The van der Waals surface area contributed by atoms with E-state index in [0.29, 0.717) is 24.8 Å². The Bertz CT molecular complexity index is 967. The van der Waals surface area contributed by atoms with Crippen LogP contribution in [0.2, 0.25) is 0 Å². The number of nitrogens with one attached hydrogen (secondary N) is 2. The van der Waals surface area contributed by atoms with E-state index in [-0.39, 0.29) is 11.1 Å². The number of hydrogen-bond donors (Lipinski definition) is 3. The third-order valence-corrected chi connectivity index (χ3v) is 6.24. The van der Waals surface area contributed by atoms with Crippen molar-refractivity contribution in [1.29, 1.82) is 0 Å². The number of rotatable bonds is 2. The molecule has 2 aromatic rings. The van der Waals surface area contributed by atoms with Crippen LogP contribution in [0, 0.1) is 5.92 Å². The average Bonchev–Trinajstić information content (AvgIpc) is 2.98. The summed E-state index contributed by atoms with van der Waals surface area (Å²) in [5.41, 5.74) is 2.92. The fourth-order valence-corrected chi connectivity index (χ4v) is 4.93. The highest BCUT2D eigenvalue weighted by Crippen LogP contribution is 2.33. The van der Waals surface area contributed by atoms with Gasteiger partial charge < -0.3 is 20.3 Å². The summed E-state index contributed by atoms with van der Waals surface area (Å²) in [5, 5.41) is 16.7. The Hall–Kier alpha value is -2.44. The summed E-state index contributed by atoms with van der Waals surface area (Å²) in [7, 11) is 0. The van der Waals surface area contributed by atoms with E-state index in [1.807, 2.05) is 30.3 Å². The summed E-state index contributed by atoms with van der Waals surface area (Å²) in [6.07, 6.45) is 0.945. The Morgan fingerprint density at radius 3 is 2.93 bits per heavy atom. The Morgan fingerprint density at radius 1 is 1.19 bits per heavy atom. The van der Waals surface area contributed by atoms with Crippen molar-refractivity contribution in [2.75, 3.05) is 13.1 Å². The number of hydrogen-bond acceptors (Lipinski definition) is 4. The molecule has 0 saturated carbocycles. The molecule has 2 bridgehead atoms. The molecule has 0 radical (unpaired) electrons. The van der Waals surface area contributed by atoms with Gasteiger partial charge in [-0.2, -0.15) is 0 Å². The number of benzene rings is 1. The highest BCUT2D eigenvalue weighted by molar-refractivity contribution is 5.94. The van der Waals surface area contributed by atoms with Gasteiger partial charge in [0.05, 0.1) is 12.1 Å². The van der Waals surface area contributed by atoms with Crippen LogP contribution in [0.1, 0.15) is 45.6 Å². The molecule has 3 aliphatic rings. The van der Waals surface area contributed by atoms with Gasteiger partial charge >= 0.3 is 0 Å². The highest BCUT2D eigenvalue weighted by Gasteiger charge is 2.34. The fourth-order valence-electron chi connectivity index (χ4n) is 4.93. The normalized spacial score (nSPS) is 28.3. The number of aromatic nitrogens is 1. The molecular formula is C21H23N3O3. The van der Waals surface area contributed by atoms with Crippen LogP contribution in [-0.2, 0) is 13.0 Å². The van der Waals surface area contributed by atoms with Crippen LogP contribution in [-0.4, -0.2) is 34.8 Å². The minimum Gasteiger partial charge on any atom is -0.390 e. The van der Waals surface area contributed by atoms with Crippen LogP contribution < -0.4 is 16.2 Å². The predicted octanol–water partition coefficient (Wildman–Crippen LogP) is 0.943. The zero-order valence-corrected chi connectivity index (χ0v) is 15.0. The number of aliphatic hydroxyl groups excluding tert-OH is 1. The molecule has 1 aromatic heterocycles. The Morgan fingerprint density at radius 2 is 2.04 bits per heavy atom. The van der Waals surface area contributed by atoms with E-state index in [1.165, 1.54) is 0 Å². The van der Waals surface area contributed by atoms with Crippen molar-refractivity contribution in [3.8, 4) is 0 Å². The molecule has 1 fully saturated rings. The number of pyridine rings is 1. The second-order valence-electron chi connectivity index (χ2n) is 7.97. The van der Waals surface area contributed by atoms with Crippen LogP contribution in [0.15, 0.2) is 41.2 Å². The number of carbonyl (C=O) groups excluding carboxylic acids is 1. The molecule has 0 spiro atoms. The monoisotopic (exact) mass is 365 g/mol. The first-order chi connectivity index (χ1) is 13.1. The van der Waals surface area contributed by atoms with E-state index in [0.717, 1.165) is 36.3 Å². The minimum atomic E-state index is -0.669. The van der Waals surface area contributed by atoms with Crippen molar-refractivity contribution in [1.82, 2.24) is 15.2 Å². The molecular weight excluding hydrogens is 342 g/mol. The van der Waals surface area contributed by atoms with Crippen molar-refractivity contribution in [3.05, 3.63) is 69.1 Å². The maximum atomic E-state index is 13.0. The summed E-state index contributed by atoms with van der Waals surface area (Å²) in [5.74, 6) is 0.367. The van der Waals surface area contributed by atoms with E-state index in [9.17, 15) is 14.7 Å². The Kier molecular flexibility index (Phi) is 3.91. The second-order valence-corrected chi connectivity index (χ2v) is 7.97. The molecule has 1 aliphatic carbocycles. The first-order valence-electron chi connectivity index (χ1n) is 9.63. The molecule has 0 unspecified atom stereocenters. The quantitative estimate of drug-likeness (QED) is 0.740. The third-order valence-electron chi connectivity index (χ3n) is 6.24. The molecule has 6 nitrogen and oxygen atoms in total. The lowest BCUT2D eigenvalue weighted by Crippen LogP contribution is -2.46. The molecule has 1 saturated heterocycles. The zero-order valence-electron chi connectivity index (χ0n) is 15.0. The SMILES string of the molecule is O=C(N[C@@H]1c2ccccc2C[C@@H]1O)c1ccc2n(c1=O)C[C@@H]1CNC[C@H]2C1. The highest BCUT2D eigenvalue weighted by atomic mass is 16.3. The van der Waals surface area contributed by atoms with E-state index in [2.05, 4.69) is 10.6 Å². The Labute approximate surface area is 157 Å². The van der Waals surface area contributed by atoms with Crippen molar-refractivity contribution in [3.63, 3.8) is 0 Å². The number of amides is 1. The molecule has 1 amide bonds. The predicted molar refractivity (Wildman–Crippen MR) is 101 cm³/mol. The molecule has 3 heterocycles. The minimum absolute atomic E-state index is 0.156. The first kappa shape index (κ1) is 16.7. The summed E-state index contributed by atoms with van der Waals surface area (Å²) in [4.78, 5) is 25.9. The zero-order chi connectivity index (χ0) is 18.5. The number of nitrogens with zero attached hydrogens (tertiary/aromatic N) is 1. The lowest BCUT2D eigenvalue weighted by molar-refractivity contribution is 0.0855. The summed E-state index contributed by atoms with van der Waals surface area (Å²) in [6.45, 7) is 2.46. The number of piperidine rings is 1. The molecule has 1 aromatic carbocycles. The summed E-state index contributed by atoms with van der Waals surface area (Å²) in [6, 6.07) is 10.8. The molecule has 4 atom stereocenters. The number of carbonyl (C=O) groups is 1. The smallest absolute Gasteiger partial charge is 0.263 e. The average molecular weight is 365 g/mol. The van der Waals surface area contributed by atoms with Crippen molar-refractivity contribution in [2.24, 2.45) is 5.92 Å². The van der Waals surface area contributed by atoms with Gasteiger partial charge in [0.25, 0.3) is 11.5 Å². The van der Waals surface area contributed by atoms with Crippen LogP contribution in [0.25, 0.3) is 0 Å². The molecule has 5 rings (SSSR count). The van der Waals surface area contributed by atoms with Crippen LogP contribution >= 0.6 is 0 Å². The molecule has 3 N–H and O–H groups in total. The van der Waals surface area contributed by atoms with Gasteiger partial charge in [0.15, 0.2) is 0 Å². The second kappa shape index (κ2) is 6.32. The van der Waals surface area contributed by atoms with E-state index < -0.39 is 18.1 Å². The fraction of sp³-hybridized carbons (Fsp3) is 0.429. The van der Waals surface area contributed by atoms with E-state index >= 15 is 0 Å². The standard InChI is InChI=1S/C21H23N3O3/c25-18-8-13-3-1-2-4-15(13)19(18)23-20(26)16-5-6-17-14-7-12(9-22-10-14)11-24(17)21(16)27/h1-6,12,14,18-19,22,25H,7-11H2,(H,23,26)/t12-,14+,18-,19+/m0/s1. The van der Waals surface area contributed by atoms with Gasteiger partial charge in [0, 0.05) is 31.1 Å². The third kappa shape index (κ3) is 2.71. The molecule has 6 heteroatoms. The number of fused-ring (bicyclic) bond motifs is 5. The lowest BCUT2D eigenvalue weighted by Gasteiger charge is -2.37. The number of aliphatic hydroxyl groups is 1. The maximum Gasteiger partial charge on any atom is 0.263 e. The van der Waals surface area contributed by atoms with Crippen LogP contribution in [0.3, 0.4) is 0 Å². The van der Waals surface area contributed by atoms with Gasteiger partial charge in [-0.05, 0) is 42.1 Å². The van der Waals surface area contributed by atoms with E-state index in [1.54, 1.807) is 10.6 Å². The lowest BCUT2D eigenvalue weighted by atomic mass is 9.84. The van der Waals surface area contributed by atoms with Crippen LogP contribution in [0.4, 0.5) is 0 Å². The van der Waals surface area contributed by atoms with Gasteiger partial charge in [-0.15, -0.1) is 0 Å². The van der Waals surface area contributed by atoms with Crippen molar-refractivity contribution < 1.29 is 9.90 Å². The first-order valence-corrected chi connectivity index (χ1v) is 9.63. The van der Waals surface area contributed by atoms with Crippen LogP contribution in [0.5, 0.6) is 0 Å². The largest absolute Gasteiger partial charge is 0.390 e. The molecule has 2 aliphatic heterocycles. The molecule has 27 heavy (non-hydrogen) atoms. The summed E-state index contributed by atoms with van der Waals surface area (Å²) < 4.78 is 1.79. The van der Waals surface area contributed by atoms with Gasteiger partial charge in [-0.25, -0.2) is 0 Å². The van der Waals surface area contributed by atoms with Gasteiger partial charge in [-0.3, -0.25) is 9.59 Å². The van der Waals surface area contributed by atoms with E-state index in [4.69, 9.17) is 0 Å². The van der Waals surface area contributed by atoms with Crippen molar-refractivity contribution >= 4 is 5.91 Å². The van der Waals surface area contributed by atoms with Gasteiger partial charge in [-0.1, -0.05) is 24.3 Å². The Balaban J connectivity index is 1.45. The topological polar surface area (TPSA) is 83.4 Å². The molecule has 140 valence electrons. The summed E-state index contributed by atoms with van der Waals surface area (Å²) >= 11 is 0. The maximum absolute atomic E-state index is 13.0. The van der Waals surface area contributed by atoms with Gasteiger partial charge in [0.2, 0.25) is 0 Å².